The van der Waals surface area contributed by atoms with E-state index in [4.69, 9.17) is 4.52 Å². The lowest BCUT2D eigenvalue weighted by atomic mass is 10.0. The molecule has 0 bridgehead atoms. The standard InChI is InChI=1S/C21H16FN5O2/c1-11-19(12(2)29-26-11)14-8-17-15(7-16(14)22)20-18(9-24-17)25-21(28)27(20)10-13-5-3-4-6-23-13/h3-9H,10H2,1-2H3,(H,25,28). The number of H-pyrrole nitrogens is 1. The van der Waals surface area contributed by atoms with Crippen molar-refractivity contribution in [2.75, 3.05) is 0 Å². The van der Waals surface area contributed by atoms with Crippen LogP contribution in [0.4, 0.5) is 4.39 Å². The number of pyridine rings is 2. The molecule has 0 spiro atoms. The third-order valence-electron chi connectivity index (χ3n) is 5.03. The molecule has 7 nitrogen and oxygen atoms in total. The molecule has 0 aliphatic heterocycles. The van der Waals surface area contributed by atoms with Crippen molar-refractivity contribution in [1.29, 1.82) is 0 Å². The first-order chi connectivity index (χ1) is 14.0. The number of fused-ring (bicyclic) bond motifs is 3. The van der Waals surface area contributed by atoms with Crippen molar-refractivity contribution < 1.29 is 8.91 Å². The van der Waals surface area contributed by atoms with Gasteiger partial charge in [0.05, 0.1) is 46.2 Å². The van der Waals surface area contributed by atoms with Crippen molar-refractivity contribution in [2.45, 2.75) is 20.4 Å². The van der Waals surface area contributed by atoms with Gasteiger partial charge < -0.3 is 9.51 Å². The highest BCUT2D eigenvalue weighted by Crippen LogP contribution is 2.33. The summed E-state index contributed by atoms with van der Waals surface area (Å²) < 4.78 is 21.9. The molecule has 0 atom stereocenters. The predicted octanol–water partition coefficient (Wildman–Crippen LogP) is 3.73. The van der Waals surface area contributed by atoms with E-state index in [-0.39, 0.29) is 12.2 Å². The van der Waals surface area contributed by atoms with E-state index >= 15 is 4.39 Å². The first kappa shape index (κ1) is 17.3. The number of aryl methyl sites for hydroxylation is 2. The Labute approximate surface area is 163 Å². The highest BCUT2D eigenvalue weighted by Gasteiger charge is 2.19. The molecule has 5 rings (SSSR count). The molecule has 4 heterocycles. The zero-order chi connectivity index (χ0) is 20.1. The zero-order valence-corrected chi connectivity index (χ0v) is 15.7. The van der Waals surface area contributed by atoms with Gasteiger partial charge in [0, 0.05) is 17.1 Å². The minimum Gasteiger partial charge on any atom is -0.361 e. The monoisotopic (exact) mass is 389 g/mol. The van der Waals surface area contributed by atoms with E-state index in [2.05, 4.69) is 20.1 Å². The average molecular weight is 389 g/mol. The smallest absolute Gasteiger partial charge is 0.326 e. The van der Waals surface area contributed by atoms with Crippen LogP contribution in [0.15, 0.2) is 52.0 Å². The Kier molecular flexibility index (Phi) is 3.80. The Morgan fingerprint density at radius 1 is 1.21 bits per heavy atom. The number of imidazole rings is 1. The summed E-state index contributed by atoms with van der Waals surface area (Å²) in [5.74, 6) is 0.106. The van der Waals surface area contributed by atoms with Gasteiger partial charge in [0.2, 0.25) is 0 Å². The van der Waals surface area contributed by atoms with Crippen LogP contribution in [0.25, 0.3) is 33.1 Å². The van der Waals surface area contributed by atoms with Crippen molar-refractivity contribution in [3.63, 3.8) is 0 Å². The van der Waals surface area contributed by atoms with Gasteiger partial charge in [0.25, 0.3) is 0 Å². The lowest BCUT2D eigenvalue weighted by Crippen LogP contribution is -2.18. The Morgan fingerprint density at radius 3 is 2.79 bits per heavy atom. The number of aromatic nitrogens is 5. The van der Waals surface area contributed by atoms with Crippen LogP contribution in [0, 0.1) is 19.7 Å². The van der Waals surface area contributed by atoms with E-state index in [1.165, 1.54) is 6.07 Å². The average Bonchev–Trinajstić information content (AvgIpc) is 3.21. The van der Waals surface area contributed by atoms with Crippen molar-refractivity contribution in [3.05, 3.63) is 76.2 Å². The summed E-state index contributed by atoms with van der Waals surface area (Å²) in [5, 5.41) is 4.45. The van der Waals surface area contributed by atoms with E-state index in [1.54, 1.807) is 36.9 Å². The molecular formula is C21H16FN5O2. The number of nitrogens with one attached hydrogen (secondary N) is 1. The molecule has 4 aromatic heterocycles. The van der Waals surface area contributed by atoms with Gasteiger partial charge in [0.15, 0.2) is 0 Å². The number of nitrogens with zero attached hydrogens (tertiary/aromatic N) is 4. The molecule has 144 valence electrons. The van der Waals surface area contributed by atoms with E-state index in [9.17, 15) is 4.79 Å². The number of hydrogen-bond donors (Lipinski definition) is 1. The van der Waals surface area contributed by atoms with Gasteiger partial charge in [0.1, 0.15) is 11.6 Å². The van der Waals surface area contributed by atoms with Gasteiger partial charge in [-0.1, -0.05) is 11.2 Å². The minimum atomic E-state index is -0.431. The van der Waals surface area contributed by atoms with Crippen LogP contribution in [-0.4, -0.2) is 24.7 Å². The van der Waals surface area contributed by atoms with E-state index in [0.717, 1.165) is 5.69 Å². The third-order valence-corrected chi connectivity index (χ3v) is 5.03. The minimum absolute atomic E-state index is 0.270. The van der Waals surface area contributed by atoms with Crippen molar-refractivity contribution in [3.8, 4) is 11.1 Å². The first-order valence-corrected chi connectivity index (χ1v) is 9.07. The summed E-state index contributed by atoms with van der Waals surface area (Å²) in [4.78, 5) is 24.1. The first-order valence-electron chi connectivity index (χ1n) is 9.07. The molecule has 1 N–H and O–H groups in total. The van der Waals surface area contributed by atoms with E-state index in [0.29, 0.717) is 44.5 Å². The zero-order valence-electron chi connectivity index (χ0n) is 15.7. The molecule has 8 heteroatoms. The second kappa shape index (κ2) is 6.37. The molecule has 0 unspecified atom stereocenters. The number of rotatable bonds is 3. The Morgan fingerprint density at radius 2 is 2.07 bits per heavy atom. The van der Waals surface area contributed by atoms with Crippen LogP contribution in [0.1, 0.15) is 17.1 Å². The van der Waals surface area contributed by atoms with Crippen LogP contribution >= 0.6 is 0 Å². The van der Waals surface area contributed by atoms with E-state index in [1.807, 2.05) is 18.2 Å². The van der Waals surface area contributed by atoms with E-state index < -0.39 is 5.82 Å². The fourth-order valence-corrected chi connectivity index (χ4v) is 3.73. The summed E-state index contributed by atoms with van der Waals surface area (Å²) in [6, 6.07) is 8.59. The molecule has 0 aliphatic carbocycles. The summed E-state index contributed by atoms with van der Waals surface area (Å²) in [6.45, 7) is 3.78. The normalized spacial score (nSPS) is 11.6. The maximum atomic E-state index is 15.1. The third kappa shape index (κ3) is 2.72. The van der Waals surface area contributed by atoms with Crippen LogP contribution in [0.3, 0.4) is 0 Å². The quantitative estimate of drug-likeness (QED) is 0.508. The highest BCUT2D eigenvalue weighted by molar-refractivity contribution is 6.03. The molecule has 1 aromatic carbocycles. The predicted molar refractivity (Wildman–Crippen MR) is 106 cm³/mol. The summed E-state index contributed by atoms with van der Waals surface area (Å²) >= 11 is 0. The maximum Gasteiger partial charge on any atom is 0.326 e. The van der Waals surface area contributed by atoms with Crippen LogP contribution in [-0.2, 0) is 6.54 Å². The second-order valence-electron chi connectivity index (χ2n) is 6.91. The van der Waals surface area contributed by atoms with Gasteiger partial charge >= 0.3 is 5.69 Å². The Hall–Kier alpha value is -3.81. The van der Waals surface area contributed by atoms with Gasteiger partial charge in [-0.3, -0.25) is 14.5 Å². The Bertz CT molecular complexity index is 1410. The summed E-state index contributed by atoms with van der Waals surface area (Å²) in [5.41, 5.74) is 3.74. The number of aromatic amines is 1. The molecule has 0 saturated carbocycles. The van der Waals surface area contributed by atoms with Gasteiger partial charge in [-0.25, -0.2) is 9.18 Å². The van der Waals surface area contributed by atoms with Crippen LogP contribution in [0.5, 0.6) is 0 Å². The second-order valence-corrected chi connectivity index (χ2v) is 6.91. The van der Waals surface area contributed by atoms with Gasteiger partial charge in [-0.15, -0.1) is 0 Å². The lowest BCUT2D eigenvalue weighted by Gasteiger charge is -2.08. The lowest BCUT2D eigenvalue weighted by molar-refractivity contribution is 0.393. The van der Waals surface area contributed by atoms with Crippen molar-refractivity contribution in [2.24, 2.45) is 0 Å². The molecule has 0 radical (unpaired) electrons. The van der Waals surface area contributed by atoms with Gasteiger partial charge in [-0.05, 0) is 38.1 Å². The van der Waals surface area contributed by atoms with Gasteiger partial charge in [-0.2, -0.15) is 0 Å². The number of halogens is 1. The SMILES string of the molecule is Cc1noc(C)c1-c1cc2ncc3[nH]c(=O)n(Cc4ccccn4)c3c2cc1F. The van der Waals surface area contributed by atoms with Crippen LogP contribution in [0.2, 0.25) is 0 Å². The van der Waals surface area contributed by atoms with Crippen molar-refractivity contribution >= 4 is 21.9 Å². The molecule has 0 amide bonds. The molecule has 0 saturated heterocycles. The topological polar surface area (TPSA) is 89.6 Å². The van der Waals surface area contributed by atoms with Crippen LogP contribution < -0.4 is 5.69 Å². The molecular weight excluding hydrogens is 373 g/mol. The number of hydrogen-bond acceptors (Lipinski definition) is 5. The van der Waals surface area contributed by atoms with Crippen molar-refractivity contribution in [1.82, 2.24) is 24.7 Å². The fraction of sp³-hybridized carbons (Fsp3) is 0.143. The molecule has 29 heavy (non-hydrogen) atoms. The Balaban J connectivity index is 1.77. The molecule has 5 aromatic rings. The maximum absolute atomic E-state index is 15.1. The summed E-state index contributed by atoms with van der Waals surface area (Å²) in [7, 11) is 0. The largest absolute Gasteiger partial charge is 0.361 e. The molecule has 0 fully saturated rings. The summed E-state index contributed by atoms with van der Waals surface area (Å²) in [6.07, 6.45) is 3.26. The highest BCUT2D eigenvalue weighted by atomic mass is 19.1. The fourth-order valence-electron chi connectivity index (χ4n) is 3.73. The molecule has 0 aliphatic rings. The number of benzene rings is 1.